The second kappa shape index (κ2) is 5.59. The lowest BCUT2D eigenvalue weighted by atomic mass is 10.2. The summed E-state index contributed by atoms with van der Waals surface area (Å²) >= 11 is 7.27. The Labute approximate surface area is 119 Å². The summed E-state index contributed by atoms with van der Waals surface area (Å²) in [5.74, 6) is -1.00. The van der Waals surface area contributed by atoms with Crippen LogP contribution in [0.3, 0.4) is 0 Å². The van der Waals surface area contributed by atoms with Crippen molar-refractivity contribution in [2.75, 3.05) is 0 Å². The van der Waals surface area contributed by atoms with Gasteiger partial charge in [0.1, 0.15) is 5.03 Å². The molecule has 98 valence electrons. The predicted molar refractivity (Wildman–Crippen MR) is 74.0 cm³/mol. The van der Waals surface area contributed by atoms with Crippen molar-refractivity contribution in [1.82, 2.24) is 9.97 Å². The van der Waals surface area contributed by atoms with Gasteiger partial charge in [-0.3, -0.25) is 4.98 Å². The monoisotopic (exact) mass is 294 g/mol. The van der Waals surface area contributed by atoms with E-state index in [1.807, 2.05) is 6.92 Å². The van der Waals surface area contributed by atoms with E-state index in [0.717, 1.165) is 5.69 Å². The van der Waals surface area contributed by atoms with Crippen LogP contribution in [0.5, 0.6) is 0 Å². The molecule has 1 N–H and O–H groups in total. The van der Waals surface area contributed by atoms with Crippen molar-refractivity contribution in [3.63, 3.8) is 0 Å². The molecule has 0 aliphatic heterocycles. The Morgan fingerprint density at radius 2 is 2.16 bits per heavy atom. The highest BCUT2D eigenvalue weighted by atomic mass is 35.5. The van der Waals surface area contributed by atoms with Gasteiger partial charge in [0.15, 0.2) is 0 Å². The molecule has 0 radical (unpaired) electrons. The van der Waals surface area contributed by atoms with Gasteiger partial charge in [-0.1, -0.05) is 23.4 Å². The molecule has 2 heterocycles. The molecule has 4 nitrogen and oxygen atoms in total. The van der Waals surface area contributed by atoms with Crippen molar-refractivity contribution in [1.29, 1.82) is 0 Å². The highest BCUT2D eigenvalue weighted by Gasteiger charge is 2.17. The van der Waals surface area contributed by atoms with E-state index in [4.69, 9.17) is 11.6 Å². The summed E-state index contributed by atoms with van der Waals surface area (Å²) in [6, 6.07) is 5.18. The maximum atomic E-state index is 11.3. The molecule has 2 aromatic heterocycles. The molecule has 0 aliphatic carbocycles. The van der Waals surface area contributed by atoms with Gasteiger partial charge in [-0.2, -0.15) is 0 Å². The van der Waals surface area contributed by atoms with Crippen LogP contribution in [0.4, 0.5) is 0 Å². The molecular weight excluding hydrogens is 284 g/mol. The van der Waals surface area contributed by atoms with Gasteiger partial charge >= 0.3 is 5.97 Å². The van der Waals surface area contributed by atoms with E-state index in [0.29, 0.717) is 20.6 Å². The first-order chi connectivity index (χ1) is 8.99. The Morgan fingerprint density at radius 3 is 2.79 bits per heavy atom. The van der Waals surface area contributed by atoms with E-state index in [1.165, 1.54) is 11.8 Å². The topological polar surface area (TPSA) is 63.1 Å². The fraction of sp³-hybridized carbons (Fsp3) is 0.154. The van der Waals surface area contributed by atoms with Crippen molar-refractivity contribution in [2.24, 2.45) is 0 Å². The first-order valence-corrected chi connectivity index (χ1v) is 6.68. The maximum Gasteiger partial charge on any atom is 0.338 e. The minimum Gasteiger partial charge on any atom is -0.478 e. The smallest absolute Gasteiger partial charge is 0.338 e. The fourth-order valence-corrected chi connectivity index (χ4v) is 2.98. The minimum atomic E-state index is -1.00. The normalized spacial score (nSPS) is 10.5. The average Bonchev–Trinajstić information content (AvgIpc) is 2.30. The zero-order valence-electron chi connectivity index (χ0n) is 10.3. The third kappa shape index (κ3) is 3.05. The molecule has 6 heteroatoms. The van der Waals surface area contributed by atoms with Gasteiger partial charge in [0.05, 0.1) is 16.3 Å². The van der Waals surface area contributed by atoms with Crippen LogP contribution < -0.4 is 0 Å². The third-order valence-electron chi connectivity index (χ3n) is 2.44. The van der Waals surface area contributed by atoms with E-state index in [-0.39, 0.29) is 5.56 Å². The molecule has 0 aromatic carbocycles. The van der Waals surface area contributed by atoms with Crippen molar-refractivity contribution >= 4 is 29.3 Å². The molecule has 0 fully saturated rings. The number of aromatic nitrogens is 2. The third-order valence-corrected chi connectivity index (χ3v) is 3.92. The quantitative estimate of drug-likeness (QED) is 0.937. The second-order valence-corrected chi connectivity index (χ2v) is 5.36. The summed E-state index contributed by atoms with van der Waals surface area (Å²) in [5, 5.41) is 10.4. The summed E-state index contributed by atoms with van der Waals surface area (Å²) in [6.45, 7) is 3.50. The minimum absolute atomic E-state index is 0.192. The molecule has 0 saturated heterocycles. The largest absolute Gasteiger partial charge is 0.478 e. The van der Waals surface area contributed by atoms with Gasteiger partial charge in [-0.05, 0) is 32.0 Å². The molecule has 0 unspecified atom stereocenters. The van der Waals surface area contributed by atoms with Gasteiger partial charge in [-0.25, -0.2) is 9.78 Å². The number of carboxylic acid groups (broad SMARTS) is 1. The van der Waals surface area contributed by atoms with Crippen LogP contribution in [-0.2, 0) is 0 Å². The average molecular weight is 295 g/mol. The lowest BCUT2D eigenvalue weighted by Crippen LogP contribution is -2.05. The summed E-state index contributed by atoms with van der Waals surface area (Å²) in [6.07, 6.45) is 1.62. The number of hydrogen-bond acceptors (Lipinski definition) is 4. The zero-order valence-corrected chi connectivity index (χ0v) is 11.9. The molecule has 2 aromatic rings. The van der Waals surface area contributed by atoms with Crippen LogP contribution in [0.1, 0.15) is 21.7 Å². The standard InChI is InChI=1S/C13H11ClN2O2S/c1-7-6-10(11(13(17)18)8(2)16-7)19-12-9(14)4-3-5-15-12/h3-6H,1-2H3,(H,17,18). The van der Waals surface area contributed by atoms with Gasteiger partial charge in [0.25, 0.3) is 0 Å². The van der Waals surface area contributed by atoms with Crippen LogP contribution in [-0.4, -0.2) is 21.0 Å². The highest BCUT2D eigenvalue weighted by Crippen LogP contribution is 2.34. The second-order valence-electron chi connectivity index (χ2n) is 3.92. The number of aromatic carboxylic acids is 1. The van der Waals surface area contributed by atoms with E-state index in [2.05, 4.69) is 9.97 Å². The van der Waals surface area contributed by atoms with Crippen LogP contribution in [0, 0.1) is 13.8 Å². The van der Waals surface area contributed by atoms with Gasteiger partial charge in [0, 0.05) is 16.8 Å². The first-order valence-electron chi connectivity index (χ1n) is 5.49. The molecule has 0 atom stereocenters. The molecule has 0 aliphatic rings. The van der Waals surface area contributed by atoms with Crippen LogP contribution in [0.2, 0.25) is 5.02 Å². The van der Waals surface area contributed by atoms with E-state index < -0.39 is 5.97 Å². The molecule has 0 saturated carbocycles. The summed E-state index contributed by atoms with van der Waals surface area (Å²) < 4.78 is 0. The van der Waals surface area contributed by atoms with E-state index >= 15 is 0 Å². The zero-order chi connectivity index (χ0) is 14.0. The molecule has 0 bridgehead atoms. The first kappa shape index (κ1) is 13.8. The summed E-state index contributed by atoms with van der Waals surface area (Å²) in [4.78, 5) is 20.2. The van der Waals surface area contributed by atoms with Crippen LogP contribution in [0.15, 0.2) is 34.3 Å². The van der Waals surface area contributed by atoms with Crippen molar-refractivity contribution in [2.45, 2.75) is 23.8 Å². The number of nitrogens with zero attached hydrogens (tertiary/aromatic N) is 2. The highest BCUT2D eigenvalue weighted by molar-refractivity contribution is 7.99. The number of hydrogen-bond donors (Lipinski definition) is 1. The lowest BCUT2D eigenvalue weighted by molar-refractivity contribution is 0.0691. The number of aryl methyl sites for hydroxylation is 2. The Kier molecular flexibility index (Phi) is 4.07. The lowest BCUT2D eigenvalue weighted by Gasteiger charge is -2.09. The number of carboxylic acids is 1. The van der Waals surface area contributed by atoms with Gasteiger partial charge < -0.3 is 5.11 Å². The van der Waals surface area contributed by atoms with Crippen molar-refractivity contribution in [3.05, 3.63) is 46.4 Å². The molecule has 19 heavy (non-hydrogen) atoms. The molecular formula is C13H11ClN2O2S. The number of carbonyl (C=O) groups is 1. The van der Waals surface area contributed by atoms with E-state index in [1.54, 1.807) is 31.3 Å². The van der Waals surface area contributed by atoms with Crippen molar-refractivity contribution < 1.29 is 9.90 Å². The van der Waals surface area contributed by atoms with Crippen LogP contribution in [0.25, 0.3) is 0 Å². The molecule has 0 amide bonds. The van der Waals surface area contributed by atoms with Gasteiger partial charge in [0.2, 0.25) is 0 Å². The SMILES string of the molecule is Cc1cc(Sc2ncccc2Cl)c(C(=O)O)c(C)n1. The summed E-state index contributed by atoms with van der Waals surface area (Å²) in [7, 11) is 0. The fourth-order valence-electron chi connectivity index (χ4n) is 1.68. The number of pyridine rings is 2. The Hall–Kier alpha value is -1.59. The van der Waals surface area contributed by atoms with Crippen molar-refractivity contribution in [3.8, 4) is 0 Å². The number of rotatable bonds is 3. The summed E-state index contributed by atoms with van der Waals surface area (Å²) in [5.41, 5.74) is 1.44. The van der Waals surface area contributed by atoms with Crippen LogP contribution >= 0.6 is 23.4 Å². The Balaban J connectivity index is 2.51. The molecule has 2 rings (SSSR count). The Bertz CT molecular complexity index is 647. The predicted octanol–water partition coefficient (Wildman–Crippen LogP) is 3.60. The molecule has 0 spiro atoms. The number of halogens is 1. The van der Waals surface area contributed by atoms with E-state index in [9.17, 15) is 9.90 Å². The van der Waals surface area contributed by atoms with Gasteiger partial charge in [-0.15, -0.1) is 0 Å². The maximum absolute atomic E-state index is 11.3. The Morgan fingerprint density at radius 1 is 1.42 bits per heavy atom.